The Morgan fingerprint density at radius 1 is 1.12 bits per heavy atom. The number of guanidine groups is 1. The van der Waals surface area contributed by atoms with Crippen LogP contribution in [0.5, 0.6) is 0 Å². The van der Waals surface area contributed by atoms with Gasteiger partial charge < -0.3 is 10.6 Å². The SMILES string of the molecule is CCNC(=NCc1ccc(F)c(C)c1)NCc1ccc(S(N)(=O)=O)cc1. The van der Waals surface area contributed by atoms with Crippen molar-refractivity contribution < 1.29 is 12.8 Å². The third-order valence-electron chi connectivity index (χ3n) is 3.70. The van der Waals surface area contributed by atoms with Crippen LogP contribution in [0, 0.1) is 12.7 Å². The number of hydrogen-bond acceptors (Lipinski definition) is 3. The number of nitrogens with zero attached hydrogens (tertiary/aromatic N) is 1. The summed E-state index contributed by atoms with van der Waals surface area (Å²) >= 11 is 0. The van der Waals surface area contributed by atoms with E-state index in [4.69, 9.17) is 5.14 Å². The summed E-state index contributed by atoms with van der Waals surface area (Å²) in [4.78, 5) is 4.56. The predicted molar refractivity (Wildman–Crippen MR) is 101 cm³/mol. The Kier molecular flexibility index (Phi) is 6.70. The predicted octanol–water partition coefficient (Wildman–Crippen LogP) is 2.04. The van der Waals surface area contributed by atoms with Crippen LogP contribution in [0.2, 0.25) is 0 Å². The van der Waals surface area contributed by atoms with Gasteiger partial charge in [0.15, 0.2) is 5.96 Å². The lowest BCUT2D eigenvalue weighted by Gasteiger charge is -2.12. The van der Waals surface area contributed by atoms with E-state index < -0.39 is 10.0 Å². The molecule has 0 saturated carbocycles. The fourth-order valence-electron chi connectivity index (χ4n) is 2.30. The number of aryl methyl sites for hydroxylation is 1. The average molecular weight is 378 g/mol. The zero-order chi connectivity index (χ0) is 19.2. The highest BCUT2D eigenvalue weighted by molar-refractivity contribution is 7.89. The van der Waals surface area contributed by atoms with Gasteiger partial charge in [0, 0.05) is 13.1 Å². The van der Waals surface area contributed by atoms with Gasteiger partial charge in [-0.2, -0.15) is 0 Å². The fraction of sp³-hybridized carbons (Fsp3) is 0.278. The lowest BCUT2D eigenvalue weighted by atomic mass is 10.1. The first kappa shape index (κ1) is 19.9. The van der Waals surface area contributed by atoms with Crippen LogP contribution in [0.25, 0.3) is 0 Å². The van der Waals surface area contributed by atoms with Crippen LogP contribution >= 0.6 is 0 Å². The number of aliphatic imine (C=N–C) groups is 1. The minimum Gasteiger partial charge on any atom is -0.357 e. The molecule has 0 radical (unpaired) electrons. The van der Waals surface area contributed by atoms with Crippen LogP contribution in [0.1, 0.15) is 23.6 Å². The van der Waals surface area contributed by atoms with Crippen LogP contribution in [0.4, 0.5) is 4.39 Å². The smallest absolute Gasteiger partial charge is 0.238 e. The third kappa shape index (κ3) is 5.82. The summed E-state index contributed by atoms with van der Waals surface area (Å²) in [7, 11) is -3.69. The van der Waals surface area contributed by atoms with E-state index in [1.165, 1.54) is 18.2 Å². The number of halogens is 1. The van der Waals surface area contributed by atoms with Crippen molar-refractivity contribution in [3.05, 3.63) is 65.0 Å². The summed E-state index contributed by atoms with van der Waals surface area (Å²) in [6, 6.07) is 11.2. The summed E-state index contributed by atoms with van der Waals surface area (Å²) in [5, 5.41) is 11.4. The quantitative estimate of drug-likeness (QED) is 0.529. The minimum atomic E-state index is -3.69. The third-order valence-corrected chi connectivity index (χ3v) is 4.63. The highest BCUT2D eigenvalue weighted by Crippen LogP contribution is 2.10. The molecule has 140 valence electrons. The number of benzene rings is 2. The number of rotatable bonds is 6. The molecule has 26 heavy (non-hydrogen) atoms. The van der Waals surface area contributed by atoms with E-state index in [0.29, 0.717) is 31.2 Å². The summed E-state index contributed by atoms with van der Waals surface area (Å²) in [5.41, 5.74) is 2.39. The van der Waals surface area contributed by atoms with Crippen molar-refractivity contribution in [2.75, 3.05) is 6.54 Å². The second-order valence-corrected chi connectivity index (χ2v) is 7.38. The Morgan fingerprint density at radius 2 is 1.77 bits per heavy atom. The largest absolute Gasteiger partial charge is 0.357 e. The molecule has 0 spiro atoms. The van der Waals surface area contributed by atoms with E-state index in [1.807, 2.05) is 6.92 Å². The van der Waals surface area contributed by atoms with Crippen LogP contribution in [-0.2, 0) is 23.1 Å². The van der Waals surface area contributed by atoms with Crippen LogP contribution in [0.3, 0.4) is 0 Å². The van der Waals surface area contributed by atoms with Crippen molar-refractivity contribution in [1.29, 1.82) is 0 Å². The van der Waals surface area contributed by atoms with Gasteiger partial charge in [-0.3, -0.25) is 0 Å². The van der Waals surface area contributed by atoms with Crippen LogP contribution < -0.4 is 15.8 Å². The van der Waals surface area contributed by atoms with Gasteiger partial charge in [0.2, 0.25) is 10.0 Å². The molecule has 2 rings (SSSR count). The van der Waals surface area contributed by atoms with Crippen molar-refractivity contribution in [3.8, 4) is 0 Å². The molecule has 0 unspecified atom stereocenters. The Balaban J connectivity index is 2.01. The summed E-state index contributed by atoms with van der Waals surface area (Å²) < 4.78 is 35.9. The topological polar surface area (TPSA) is 96.6 Å². The molecule has 0 aromatic heterocycles. The summed E-state index contributed by atoms with van der Waals surface area (Å²) in [5.74, 6) is 0.385. The van der Waals surface area contributed by atoms with Gasteiger partial charge in [-0.25, -0.2) is 22.9 Å². The first-order valence-corrected chi connectivity index (χ1v) is 9.73. The molecular weight excluding hydrogens is 355 g/mol. The maximum Gasteiger partial charge on any atom is 0.238 e. The molecule has 2 aromatic rings. The molecule has 0 atom stereocenters. The molecular formula is C18H23FN4O2S. The molecule has 0 aliphatic carbocycles. The molecule has 8 heteroatoms. The molecule has 4 N–H and O–H groups in total. The number of hydrogen-bond donors (Lipinski definition) is 3. The minimum absolute atomic E-state index is 0.0773. The van der Waals surface area contributed by atoms with Gasteiger partial charge in [0.05, 0.1) is 11.4 Å². The summed E-state index contributed by atoms with van der Waals surface area (Å²) in [6.07, 6.45) is 0. The Labute approximate surface area is 153 Å². The van der Waals surface area contributed by atoms with E-state index in [1.54, 1.807) is 31.2 Å². The Hall–Kier alpha value is -2.45. The zero-order valence-corrected chi connectivity index (χ0v) is 15.6. The maximum absolute atomic E-state index is 13.3. The number of nitrogens with two attached hydrogens (primary N) is 1. The lowest BCUT2D eigenvalue weighted by molar-refractivity contribution is 0.597. The first-order chi connectivity index (χ1) is 12.3. The second kappa shape index (κ2) is 8.77. The average Bonchev–Trinajstić information content (AvgIpc) is 2.60. The standard InChI is InChI=1S/C18H23FN4O2S/c1-3-21-18(23-12-15-6-9-17(19)13(2)10-15)22-11-14-4-7-16(8-5-14)26(20,24)25/h4-10H,3,11-12H2,1-2H3,(H2,20,24,25)(H2,21,22,23). The lowest BCUT2D eigenvalue weighted by Crippen LogP contribution is -2.36. The molecule has 0 aliphatic heterocycles. The molecule has 0 aliphatic rings. The van der Waals surface area contributed by atoms with Crippen molar-refractivity contribution in [1.82, 2.24) is 10.6 Å². The highest BCUT2D eigenvalue weighted by atomic mass is 32.2. The van der Waals surface area contributed by atoms with Gasteiger partial charge in [0.1, 0.15) is 5.82 Å². The van der Waals surface area contributed by atoms with Crippen molar-refractivity contribution in [2.24, 2.45) is 10.1 Å². The molecule has 0 fully saturated rings. The molecule has 0 saturated heterocycles. The van der Waals surface area contributed by atoms with E-state index in [-0.39, 0.29) is 10.7 Å². The fourth-order valence-corrected chi connectivity index (χ4v) is 2.82. The second-order valence-electron chi connectivity index (χ2n) is 5.82. The molecule has 0 amide bonds. The molecule has 0 bridgehead atoms. The molecule has 2 aromatic carbocycles. The summed E-state index contributed by atoms with van der Waals surface area (Å²) in [6.45, 7) is 5.26. The van der Waals surface area contributed by atoms with Gasteiger partial charge in [-0.05, 0) is 48.7 Å². The van der Waals surface area contributed by atoms with E-state index in [0.717, 1.165) is 11.1 Å². The molecule has 0 heterocycles. The van der Waals surface area contributed by atoms with E-state index in [9.17, 15) is 12.8 Å². The van der Waals surface area contributed by atoms with Crippen molar-refractivity contribution >= 4 is 16.0 Å². The Morgan fingerprint density at radius 3 is 2.35 bits per heavy atom. The highest BCUT2D eigenvalue weighted by Gasteiger charge is 2.07. The number of nitrogens with one attached hydrogen (secondary N) is 2. The van der Waals surface area contributed by atoms with Crippen LogP contribution in [-0.4, -0.2) is 20.9 Å². The maximum atomic E-state index is 13.3. The monoisotopic (exact) mass is 378 g/mol. The van der Waals surface area contributed by atoms with Crippen molar-refractivity contribution in [3.63, 3.8) is 0 Å². The number of sulfonamides is 1. The normalized spacial score (nSPS) is 12.1. The van der Waals surface area contributed by atoms with Gasteiger partial charge in [0.25, 0.3) is 0 Å². The van der Waals surface area contributed by atoms with E-state index >= 15 is 0 Å². The van der Waals surface area contributed by atoms with Crippen molar-refractivity contribution in [2.45, 2.75) is 31.8 Å². The zero-order valence-electron chi connectivity index (χ0n) is 14.8. The number of primary sulfonamides is 1. The first-order valence-electron chi connectivity index (χ1n) is 8.18. The van der Waals surface area contributed by atoms with E-state index in [2.05, 4.69) is 15.6 Å². The Bertz CT molecular complexity index is 881. The van der Waals surface area contributed by atoms with Gasteiger partial charge in [-0.15, -0.1) is 0 Å². The van der Waals surface area contributed by atoms with Crippen LogP contribution in [0.15, 0.2) is 52.4 Å². The molecule has 6 nitrogen and oxygen atoms in total. The van der Waals surface area contributed by atoms with Gasteiger partial charge >= 0.3 is 0 Å². The van der Waals surface area contributed by atoms with Gasteiger partial charge in [-0.1, -0.05) is 24.3 Å².